The Labute approximate surface area is 198 Å². The van der Waals surface area contributed by atoms with Crippen LogP contribution < -0.4 is 11.1 Å². The Morgan fingerprint density at radius 3 is 2.35 bits per heavy atom. The van der Waals surface area contributed by atoms with Gasteiger partial charge in [-0.05, 0) is 17.5 Å². The summed E-state index contributed by atoms with van der Waals surface area (Å²) < 4.78 is 6.04. The molecule has 1 aliphatic rings. The fourth-order valence-corrected chi connectivity index (χ4v) is 3.86. The molecule has 7 heteroatoms. The zero-order valence-electron chi connectivity index (χ0n) is 18.3. The molecule has 2 aromatic rings. The standard InChI is InChI=1S/C24H33N3O2.2ClH/c1-3-21(26-24(28)18(2)23(25)20-12-8-5-9-13-20)22-17-27(14-15-29-22)16-19-10-6-4-7-11-19;;/h4-13,18,21-23H,3,14-17,25H2,1-2H3,(H,26,28);2*1H. The normalized spacial score (nSPS) is 19.3. The third-order valence-corrected chi connectivity index (χ3v) is 5.78. The molecule has 3 rings (SSSR count). The van der Waals surface area contributed by atoms with Crippen molar-refractivity contribution in [2.75, 3.05) is 19.7 Å². The number of hydrogen-bond donors (Lipinski definition) is 2. The quantitative estimate of drug-likeness (QED) is 0.616. The monoisotopic (exact) mass is 467 g/mol. The minimum Gasteiger partial charge on any atom is -0.373 e. The predicted octanol–water partition coefficient (Wildman–Crippen LogP) is 3.96. The first-order valence-electron chi connectivity index (χ1n) is 10.6. The second-order valence-electron chi connectivity index (χ2n) is 7.88. The van der Waals surface area contributed by atoms with Crippen LogP contribution in [-0.4, -0.2) is 42.6 Å². The van der Waals surface area contributed by atoms with Crippen LogP contribution in [0.1, 0.15) is 37.4 Å². The summed E-state index contributed by atoms with van der Waals surface area (Å²) >= 11 is 0. The van der Waals surface area contributed by atoms with Crippen LogP contribution in [0.25, 0.3) is 0 Å². The van der Waals surface area contributed by atoms with E-state index in [1.807, 2.05) is 43.3 Å². The average Bonchev–Trinajstić information content (AvgIpc) is 2.77. The molecule has 4 atom stereocenters. The SMILES string of the molecule is CCC(NC(=O)C(C)C(N)c1ccccc1)C1CN(Cc2ccccc2)CCO1.Cl.Cl. The highest BCUT2D eigenvalue weighted by molar-refractivity contribution is 5.85. The number of morpholine rings is 1. The van der Waals surface area contributed by atoms with Crippen molar-refractivity contribution < 1.29 is 9.53 Å². The Balaban J connectivity index is 0.00000240. The Morgan fingerprint density at radius 2 is 1.74 bits per heavy atom. The zero-order valence-corrected chi connectivity index (χ0v) is 19.9. The van der Waals surface area contributed by atoms with Crippen LogP contribution in [-0.2, 0) is 16.1 Å². The molecule has 3 N–H and O–H groups in total. The van der Waals surface area contributed by atoms with Crippen molar-refractivity contribution in [3.05, 3.63) is 71.8 Å². The summed E-state index contributed by atoms with van der Waals surface area (Å²) in [5.41, 5.74) is 8.62. The Morgan fingerprint density at radius 1 is 1.13 bits per heavy atom. The van der Waals surface area contributed by atoms with Gasteiger partial charge in [-0.25, -0.2) is 0 Å². The van der Waals surface area contributed by atoms with E-state index in [0.29, 0.717) is 6.61 Å². The average molecular weight is 468 g/mol. The van der Waals surface area contributed by atoms with Crippen molar-refractivity contribution in [2.24, 2.45) is 11.7 Å². The fourth-order valence-electron chi connectivity index (χ4n) is 3.86. The van der Waals surface area contributed by atoms with Crippen molar-refractivity contribution in [1.82, 2.24) is 10.2 Å². The van der Waals surface area contributed by atoms with Crippen molar-refractivity contribution in [3.8, 4) is 0 Å². The van der Waals surface area contributed by atoms with Crippen LogP contribution in [0, 0.1) is 5.92 Å². The van der Waals surface area contributed by atoms with Gasteiger partial charge in [0, 0.05) is 25.7 Å². The molecule has 1 amide bonds. The first-order chi connectivity index (χ1) is 14.1. The van der Waals surface area contributed by atoms with Crippen molar-refractivity contribution in [2.45, 2.75) is 45.0 Å². The molecule has 0 aliphatic carbocycles. The molecule has 1 fully saturated rings. The summed E-state index contributed by atoms with van der Waals surface area (Å²) in [5, 5.41) is 3.20. The van der Waals surface area contributed by atoms with Crippen molar-refractivity contribution >= 4 is 30.7 Å². The van der Waals surface area contributed by atoms with Gasteiger partial charge in [0.15, 0.2) is 0 Å². The molecule has 5 nitrogen and oxygen atoms in total. The van der Waals surface area contributed by atoms with Gasteiger partial charge >= 0.3 is 0 Å². The van der Waals surface area contributed by atoms with E-state index in [1.54, 1.807) is 0 Å². The van der Waals surface area contributed by atoms with Gasteiger partial charge in [0.1, 0.15) is 0 Å². The maximum absolute atomic E-state index is 12.9. The predicted molar refractivity (Wildman–Crippen MR) is 131 cm³/mol. The number of amides is 1. The van der Waals surface area contributed by atoms with Gasteiger partial charge in [-0.2, -0.15) is 0 Å². The van der Waals surface area contributed by atoms with Crippen molar-refractivity contribution in [1.29, 1.82) is 0 Å². The Bertz CT molecular complexity index is 764. The van der Waals surface area contributed by atoms with E-state index in [2.05, 4.69) is 41.4 Å². The number of nitrogens with two attached hydrogens (primary N) is 1. The van der Waals surface area contributed by atoms with Gasteiger partial charge in [0.25, 0.3) is 0 Å². The van der Waals surface area contributed by atoms with E-state index in [4.69, 9.17) is 10.5 Å². The van der Waals surface area contributed by atoms with Crippen LogP contribution >= 0.6 is 24.8 Å². The van der Waals surface area contributed by atoms with Crippen LogP contribution in [0.15, 0.2) is 60.7 Å². The number of carbonyl (C=O) groups is 1. The van der Waals surface area contributed by atoms with E-state index in [1.165, 1.54) is 5.56 Å². The molecule has 4 unspecified atom stereocenters. The maximum atomic E-state index is 12.9. The number of ether oxygens (including phenoxy) is 1. The summed E-state index contributed by atoms with van der Waals surface area (Å²) in [4.78, 5) is 15.3. The maximum Gasteiger partial charge on any atom is 0.225 e. The number of carbonyl (C=O) groups excluding carboxylic acids is 1. The van der Waals surface area contributed by atoms with Gasteiger partial charge in [-0.1, -0.05) is 74.5 Å². The third kappa shape index (κ3) is 7.78. The highest BCUT2D eigenvalue weighted by atomic mass is 35.5. The first kappa shape index (κ1) is 27.4. The van der Waals surface area contributed by atoms with E-state index >= 15 is 0 Å². The lowest BCUT2D eigenvalue weighted by Crippen LogP contribution is -2.54. The first-order valence-corrected chi connectivity index (χ1v) is 10.6. The third-order valence-electron chi connectivity index (χ3n) is 5.78. The topological polar surface area (TPSA) is 67.6 Å². The van der Waals surface area contributed by atoms with Crippen LogP contribution in [0.5, 0.6) is 0 Å². The summed E-state index contributed by atoms with van der Waals surface area (Å²) in [6, 6.07) is 19.9. The van der Waals surface area contributed by atoms with Gasteiger partial charge in [0.2, 0.25) is 5.91 Å². The highest BCUT2D eigenvalue weighted by Crippen LogP contribution is 2.20. The molecule has 0 radical (unpaired) electrons. The van der Waals surface area contributed by atoms with Gasteiger partial charge < -0.3 is 15.8 Å². The Kier molecular flexibility index (Phi) is 12.1. The second kappa shape index (κ2) is 13.7. The van der Waals surface area contributed by atoms with E-state index in [9.17, 15) is 4.79 Å². The van der Waals surface area contributed by atoms with Crippen LogP contribution in [0.2, 0.25) is 0 Å². The van der Waals surface area contributed by atoms with Gasteiger partial charge in [-0.3, -0.25) is 9.69 Å². The molecule has 1 heterocycles. The van der Waals surface area contributed by atoms with Crippen LogP contribution in [0.3, 0.4) is 0 Å². The zero-order chi connectivity index (χ0) is 20.6. The number of halogens is 2. The van der Waals surface area contributed by atoms with E-state index in [0.717, 1.165) is 31.6 Å². The number of nitrogens with zero attached hydrogens (tertiary/aromatic N) is 1. The fraction of sp³-hybridized carbons (Fsp3) is 0.458. The number of nitrogens with one attached hydrogen (secondary N) is 1. The van der Waals surface area contributed by atoms with Gasteiger partial charge in [0.05, 0.1) is 24.7 Å². The van der Waals surface area contributed by atoms with E-state index < -0.39 is 0 Å². The van der Waals surface area contributed by atoms with Crippen molar-refractivity contribution in [3.63, 3.8) is 0 Å². The number of benzene rings is 2. The van der Waals surface area contributed by atoms with E-state index in [-0.39, 0.29) is 54.8 Å². The lowest BCUT2D eigenvalue weighted by atomic mass is 9.94. The summed E-state index contributed by atoms with van der Waals surface area (Å²) in [5.74, 6) is -0.326. The molecule has 1 aliphatic heterocycles. The number of hydrogen-bond acceptors (Lipinski definition) is 4. The molecule has 1 saturated heterocycles. The molecule has 0 bridgehead atoms. The lowest BCUT2D eigenvalue weighted by Gasteiger charge is -2.37. The molecule has 172 valence electrons. The molecule has 0 spiro atoms. The summed E-state index contributed by atoms with van der Waals surface area (Å²) in [7, 11) is 0. The van der Waals surface area contributed by atoms with Crippen LogP contribution in [0.4, 0.5) is 0 Å². The van der Waals surface area contributed by atoms with Gasteiger partial charge in [-0.15, -0.1) is 24.8 Å². The molecular weight excluding hydrogens is 433 g/mol. The second-order valence-corrected chi connectivity index (χ2v) is 7.88. The molecule has 2 aromatic carbocycles. The molecule has 0 saturated carbocycles. The lowest BCUT2D eigenvalue weighted by molar-refractivity contribution is -0.128. The molecule has 0 aromatic heterocycles. The molecule has 31 heavy (non-hydrogen) atoms. The summed E-state index contributed by atoms with van der Waals surface area (Å²) in [6.45, 7) is 7.29. The summed E-state index contributed by atoms with van der Waals surface area (Å²) in [6.07, 6.45) is 0.810. The Hall–Kier alpha value is -1.63. The highest BCUT2D eigenvalue weighted by Gasteiger charge is 2.30. The largest absolute Gasteiger partial charge is 0.373 e. The minimum atomic E-state index is -0.324. The minimum absolute atomic E-state index is 0. The smallest absolute Gasteiger partial charge is 0.225 e. The number of rotatable bonds is 8. The molecular formula is C24H35Cl2N3O2.